The van der Waals surface area contributed by atoms with Crippen molar-refractivity contribution in [3.05, 3.63) is 23.8 Å². The zero-order chi connectivity index (χ0) is 14.3. The van der Waals surface area contributed by atoms with E-state index < -0.39 is 5.60 Å². The Morgan fingerprint density at radius 1 is 1.16 bits per heavy atom. The van der Waals surface area contributed by atoms with Gasteiger partial charge in [-0.1, -0.05) is 26.0 Å². The number of nitrogens with two attached hydrogens (primary N) is 1. The fourth-order valence-corrected chi connectivity index (χ4v) is 1.82. The maximum atomic E-state index is 10.3. The molecule has 0 spiro atoms. The molecule has 19 heavy (non-hydrogen) atoms. The molecule has 0 bridgehead atoms. The summed E-state index contributed by atoms with van der Waals surface area (Å²) in [7, 11) is 0. The van der Waals surface area contributed by atoms with Crippen LogP contribution in [0.15, 0.2) is 18.2 Å². The van der Waals surface area contributed by atoms with E-state index in [9.17, 15) is 5.11 Å². The molecule has 3 N–H and O–H groups in total. The van der Waals surface area contributed by atoms with E-state index >= 15 is 0 Å². The number of aliphatic hydroxyl groups is 1. The molecular formula is C15H25NO3. The van der Waals surface area contributed by atoms with Gasteiger partial charge in [-0.15, -0.1) is 0 Å². The van der Waals surface area contributed by atoms with E-state index in [1.54, 1.807) is 0 Å². The van der Waals surface area contributed by atoms with Crippen LogP contribution in [-0.2, 0) is 6.54 Å². The Morgan fingerprint density at radius 2 is 1.84 bits per heavy atom. The third kappa shape index (κ3) is 4.11. The molecule has 4 nitrogen and oxygen atoms in total. The summed E-state index contributed by atoms with van der Waals surface area (Å²) in [6.45, 7) is 7.02. The summed E-state index contributed by atoms with van der Waals surface area (Å²) >= 11 is 0. The number of ether oxygens (including phenoxy) is 2. The van der Waals surface area contributed by atoms with Crippen molar-refractivity contribution >= 4 is 0 Å². The highest BCUT2D eigenvalue weighted by atomic mass is 16.5. The lowest BCUT2D eigenvalue weighted by Gasteiger charge is -2.26. The molecule has 0 aliphatic heterocycles. The fraction of sp³-hybridized carbons (Fsp3) is 0.600. The molecule has 0 fully saturated rings. The van der Waals surface area contributed by atoms with Gasteiger partial charge in [0.15, 0.2) is 11.5 Å². The van der Waals surface area contributed by atoms with Gasteiger partial charge in [0.1, 0.15) is 6.61 Å². The van der Waals surface area contributed by atoms with Crippen LogP contribution in [0.4, 0.5) is 0 Å². The molecular weight excluding hydrogens is 242 g/mol. The van der Waals surface area contributed by atoms with E-state index in [1.165, 1.54) is 0 Å². The van der Waals surface area contributed by atoms with Crippen LogP contribution >= 0.6 is 0 Å². The molecule has 0 aliphatic rings. The van der Waals surface area contributed by atoms with Crippen molar-refractivity contribution in [2.75, 3.05) is 13.2 Å². The second-order valence-electron chi connectivity index (χ2n) is 4.60. The Labute approximate surface area is 115 Å². The summed E-state index contributed by atoms with van der Waals surface area (Å²) in [6, 6.07) is 5.66. The van der Waals surface area contributed by atoms with Crippen LogP contribution in [-0.4, -0.2) is 23.9 Å². The topological polar surface area (TPSA) is 64.7 Å². The van der Waals surface area contributed by atoms with Gasteiger partial charge in [0, 0.05) is 12.1 Å². The molecule has 0 heterocycles. The van der Waals surface area contributed by atoms with E-state index in [1.807, 2.05) is 39.0 Å². The number of para-hydroxylation sites is 1. The van der Waals surface area contributed by atoms with Crippen LogP contribution < -0.4 is 15.2 Å². The molecule has 0 radical (unpaired) electrons. The second kappa shape index (κ2) is 7.36. The van der Waals surface area contributed by atoms with Crippen LogP contribution in [0.25, 0.3) is 0 Å². The molecule has 0 saturated carbocycles. The molecule has 108 valence electrons. The van der Waals surface area contributed by atoms with Crippen LogP contribution in [0.2, 0.25) is 0 Å². The highest BCUT2D eigenvalue weighted by molar-refractivity contribution is 5.46. The molecule has 0 unspecified atom stereocenters. The first kappa shape index (κ1) is 15.8. The molecule has 0 saturated heterocycles. The molecule has 0 aliphatic carbocycles. The van der Waals surface area contributed by atoms with Crippen LogP contribution in [0.5, 0.6) is 11.5 Å². The zero-order valence-electron chi connectivity index (χ0n) is 12.1. The van der Waals surface area contributed by atoms with Gasteiger partial charge < -0.3 is 20.3 Å². The minimum absolute atomic E-state index is 0.247. The van der Waals surface area contributed by atoms with Gasteiger partial charge in [-0.25, -0.2) is 0 Å². The molecule has 1 rings (SSSR count). The van der Waals surface area contributed by atoms with Gasteiger partial charge in [0.05, 0.1) is 12.2 Å². The molecule has 1 aromatic carbocycles. The van der Waals surface area contributed by atoms with Crippen LogP contribution in [0.1, 0.15) is 39.2 Å². The summed E-state index contributed by atoms with van der Waals surface area (Å²) in [5.74, 6) is 1.33. The first-order valence-corrected chi connectivity index (χ1v) is 6.90. The third-order valence-corrected chi connectivity index (χ3v) is 3.38. The van der Waals surface area contributed by atoms with Crippen molar-refractivity contribution in [2.45, 2.75) is 45.8 Å². The van der Waals surface area contributed by atoms with Crippen molar-refractivity contribution in [3.63, 3.8) is 0 Å². The molecule has 0 aromatic heterocycles. The Balaban J connectivity index is 2.91. The molecule has 4 heteroatoms. The van der Waals surface area contributed by atoms with Gasteiger partial charge in [-0.3, -0.25) is 0 Å². The largest absolute Gasteiger partial charge is 0.490 e. The first-order valence-electron chi connectivity index (χ1n) is 6.90. The van der Waals surface area contributed by atoms with Gasteiger partial charge in [-0.2, -0.15) is 0 Å². The van der Waals surface area contributed by atoms with E-state index in [4.69, 9.17) is 15.2 Å². The average molecular weight is 267 g/mol. The van der Waals surface area contributed by atoms with E-state index in [-0.39, 0.29) is 6.61 Å². The van der Waals surface area contributed by atoms with Crippen molar-refractivity contribution in [3.8, 4) is 11.5 Å². The Morgan fingerprint density at radius 3 is 2.37 bits per heavy atom. The van der Waals surface area contributed by atoms with E-state index in [0.717, 1.165) is 5.56 Å². The van der Waals surface area contributed by atoms with Crippen LogP contribution in [0.3, 0.4) is 0 Å². The Bertz CT molecular complexity index is 389. The first-order chi connectivity index (χ1) is 9.10. The number of hydrogen-bond acceptors (Lipinski definition) is 4. The van der Waals surface area contributed by atoms with Crippen molar-refractivity contribution in [2.24, 2.45) is 5.73 Å². The predicted octanol–water partition coefficient (Wildman–Crippen LogP) is 2.47. The van der Waals surface area contributed by atoms with Gasteiger partial charge in [0.25, 0.3) is 0 Å². The highest BCUT2D eigenvalue weighted by Gasteiger charge is 2.24. The summed E-state index contributed by atoms with van der Waals surface area (Å²) in [5, 5.41) is 10.3. The number of benzene rings is 1. The molecule has 1 aromatic rings. The summed E-state index contributed by atoms with van der Waals surface area (Å²) in [4.78, 5) is 0. The Hall–Kier alpha value is -1.26. The summed E-state index contributed by atoms with van der Waals surface area (Å²) < 4.78 is 11.4. The Kier molecular flexibility index (Phi) is 6.12. The normalized spacial score (nSPS) is 11.4. The third-order valence-electron chi connectivity index (χ3n) is 3.38. The lowest BCUT2D eigenvalue weighted by Crippen LogP contribution is -2.34. The van der Waals surface area contributed by atoms with Crippen molar-refractivity contribution in [1.82, 2.24) is 0 Å². The fourth-order valence-electron chi connectivity index (χ4n) is 1.82. The lowest BCUT2D eigenvalue weighted by molar-refractivity contribution is -0.0123. The smallest absolute Gasteiger partial charge is 0.165 e. The summed E-state index contributed by atoms with van der Waals surface area (Å²) in [6.07, 6.45) is 1.30. The standard InChI is InChI=1S/C15H25NO3/c1-4-15(17,5-2)11-19-14-12(10-16)8-7-9-13(14)18-6-3/h7-9,17H,4-6,10-11,16H2,1-3H3. The summed E-state index contributed by atoms with van der Waals surface area (Å²) in [5.41, 5.74) is 5.81. The highest BCUT2D eigenvalue weighted by Crippen LogP contribution is 2.32. The lowest BCUT2D eigenvalue weighted by atomic mass is 9.99. The number of rotatable bonds is 8. The molecule has 0 amide bonds. The minimum atomic E-state index is -0.800. The SMILES string of the molecule is CCOc1cccc(CN)c1OCC(O)(CC)CC. The second-order valence-corrected chi connectivity index (χ2v) is 4.60. The predicted molar refractivity (Wildman–Crippen MR) is 76.5 cm³/mol. The maximum absolute atomic E-state index is 10.3. The monoisotopic (exact) mass is 267 g/mol. The zero-order valence-corrected chi connectivity index (χ0v) is 12.1. The van der Waals surface area contributed by atoms with Gasteiger partial charge >= 0.3 is 0 Å². The molecule has 0 atom stereocenters. The van der Waals surface area contributed by atoms with E-state index in [2.05, 4.69) is 0 Å². The maximum Gasteiger partial charge on any atom is 0.165 e. The van der Waals surface area contributed by atoms with Crippen molar-refractivity contribution in [1.29, 1.82) is 0 Å². The quantitative estimate of drug-likeness (QED) is 0.759. The van der Waals surface area contributed by atoms with Crippen molar-refractivity contribution < 1.29 is 14.6 Å². The minimum Gasteiger partial charge on any atom is -0.490 e. The van der Waals surface area contributed by atoms with Gasteiger partial charge in [0.2, 0.25) is 0 Å². The van der Waals surface area contributed by atoms with E-state index in [0.29, 0.717) is 37.5 Å². The average Bonchev–Trinajstić information content (AvgIpc) is 2.45. The van der Waals surface area contributed by atoms with Crippen LogP contribution in [0, 0.1) is 0 Å². The van der Waals surface area contributed by atoms with Gasteiger partial charge in [-0.05, 0) is 25.8 Å². The number of hydrogen-bond donors (Lipinski definition) is 2.